The van der Waals surface area contributed by atoms with E-state index in [0.29, 0.717) is 16.8 Å². The summed E-state index contributed by atoms with van der Waals surface area (Å²) in [6.45, 7) is 1.98. The maximum atomic E-state index is 12.6. The van der Waals surface area contributed by atoms with Crippen LogP contribution in [0.5, 0.6) is 0 Å². The molecule has 1 saturated carbocycles. The first-order valence-electron chi connectivity index (χ1n) is 8.30. The Bertz CT molecular complexity index is 935. The lowest BCUT2D eigenvalue weighted by Crippen LogP contribution is -2.38. The molecule has 2 fully saturated rings. The molecule has 2 bridgehead atoms. The Hall–Kier alpha value is -1.80. The first-order chi connectivity index (χ1) is 11.5. The van der Waals surface area contributed by atoms with E-state index < -0.39 is 10.2 Å². The number of H-pyrrole nitrogens is 2. The van der Waals surface area contributed by atoms with Crippen molar-refractivity contribution in [2.24, 2.45) is 0 Å². The second kappa shape index (κ2) is 4.86. The summed E-state index contributed by atoms with van der Waals surface area (Å²) in [5.41, 5.74) is 4.40. The summed E-state index contributed by atoms with van der Waals surface area (Å²) in [5.74, 6) is 0. The smallest absolute Gasteiger partial charge is 0.246 e. The lowest BCUT2D eigenvalue weighted by Gasteiger charge is -2.39. The topological polar surface area (TPSA) is 86.5 Å². The third-order valence-corrected chi connectivity index (χ3v) is 9.14. The van der Waals surface area contributed by atoms with Crippen molar-refractivity contribution in [1.29, 1.82) is 0 Å². The van der Waals surface area contributed by atoms with E-state index in [1.807, 2.05) is 20.3 Å². The first kappa shape index (κ1) is 14.5. The van der Waals surface area contributed by atoms with Crippen LogP contribution in [0, 0.1) is 6.92 Å². The molecule has 1 radical (unpaired) electrons. The van der Waals surface area contributed by atoms with E-state index in [9.17, 15) is 4.79 Å². The average Bonchev–Trinajstić information content (AvgIpc) is 3.28. The Labute approximate surface area is 142 Å². The van der Waals surface area contributed by atoms with Crippen LogP contribution < -0.4 is 15.7 Å². The van der Waals surface area contributed by atoms with Crippen LogP contribution in [-0.4, -0.2) is 45.0 Å². The number of nitrogens with one attached hydrogen (secondary N) is 3. The summed E-state index contributed by atoms with van der Waals surface area (Å²) in [6, 6.07) is 0.597. The van der Waals surface area contributed by atoms with Crippen molar-refractivity contribution in [1.82, 2.24) is 24.9 Å². The normalized spacial score (nSPS) is 33.0. The largest absolute Gasteiger partial charge is 0.302 e. The molecule has 2 aromatic heterocycles. The average molecular weight is 340 g/mol. The molecule has 123 valence electrons. The van der Waals surface area contributed by atoms with Gasteiger partial charge in [0.15, 0.2) is 5.16 Å². The second-order valence-corrected chi connectivity index (χ2v) is 10.3. The summed E-state index contributed by atoms with van der Waals surface area (Å²) in [7, 11) is 0.686. The summed E-state index contributed by atoms with van der Waals surface area (Å²) in [6.07, 6.45) is 9.76. The summed E-state index contributed by atoms with van der Waals surface area (Å²) >= 11 is 0. The van der Waals surface area contributed by atoms with Crippen LogP contribution in [0.4, 0.5) is 0 Å². The highest BCUT2D eigenvalue weighted by atomic mass is 32.3. The predicted molar refractivity (Wildman–Crippen MR) is 97.8 cm³/mol. The van der Waals surface area contributed by atoms with Crippen molar-refractivity contribution < 1.29 is 0 Å². The molecule has 5 rings (SSSR count). The molecule has 3 aliphatic rings. The number of aromatic nitrogens is 4. The number of aryl methyl sites for hydroxylation is 1. The first-order valence-corrected chi connectivity index (χ1v) is 10.4. The summed E-state index contributed by atoms with van der Waals surface area (Å²) < 4.78 is 3.75. The van der Waals surface area contributed by atoms with Crippen LogP contribution in [-0.2, 0) is 0 Å². The Balaban J connectivity index is 1.58. The van der Waals surface area contributed by atoms with E-state index in [1.165, 1.54) is 19.3 Å². The fourth-order valence-corrected chi connectivity index (χ4v) is 7.55. The fraction of sp³-hybridized carbons (Fsp3) is 0.438. The Morgan fingerprint density at radius 3 is 2.92 bits per heavy atom. The van der Waals surface area contributed by atoms with Crippen LogP contribution in [0.2, 0.25) is 0 Å². The van der Waals surface area contributed by atoms with Crippen LogP contribution >= 0.6 is 10.2 Å². The molecule has 0 aromatic carbocycles. The van der Waals surface area contributed by atoms with Gasteiger partial charge in [-0.15, -0.1) is 10.2 Å². The minimum absolute atomic E-state index is 0.0410. The van der Waals surface area contributed by atoms with Gasteiger partial charge in [0.05, 0.1) is 11.9 Å². The van der Waals surface area contributed by atoms with Crippen LogP contribution in [0.1, 0.15) is 36.2 Å². The zero-order chi connectivity index (χ0) is 16.5. The van der Waals surface area contributed by atoms with Crippen LogP contribution in [0.25, 0.3) is 11.5 Å². The quantitative estimate of drug-likeness (QED) is 0.559. The van der Waals surface area contributed by atoms with E-state index in [2.05, 4.69) is 26.2 Å². The van der Waals surface area contributed by atoms with Gasteiger partial charge in [-0.1, -0.05) is 5.47 Å². The number of rotatable bonds is 2. The maximum Gasteiger partial charge on any atom is 0.246 e. The minimum atomic E-state index is -1.23. The van der Waals surface area contributed by atoms with Crippen LogP contribution in [0.3, 0.4) is 0 Å². The van der Waals surface area contributed by atoms with Gasteiger partial charge < -0.3 is 4.98 Å². The van der Waals surface area contributed by atoms with Gasteiger partial charge in [-0.3, -0.25) is 14.6 Å². The van der Waals surface area contributed by atoms with Crippen molar-refractivity contribution in [3.05, 3.63) is 33.5 Å². The monoisotopic (exact) mass is 340 g/mol. The van der Waals surface area contributed by atoms with Gasteiger partial charge in [-0.05, 0) is 38.5 Å². The number of hydrogen-bond acceptors (Lipinski definition) is 4. The highest BCUT2D eigenvalue weighted by molar-refractivity contribution is 8.32. The lowest BCUT2D eigenvalue weighted by molar-refractivity contribution is 0.663. The molecular weight excluding hydrogens is 321 g/mol. The number of hydrogen-bond donors (Lipinski definition) is 3. The molecule has 6 nitrogen and oxygen atoms in total. The molecule has 3 atom stereocenters. The summed E-state index contributed by atoms with van der Waals surface area (Å²) in [4.78, 5) is 20.6. The molecule has 1 saturated heterocycles. The van der Waals surface area contributed by atoms with Crippen LogP contribution in [0.15, 0.2) is 16.1 Å². The molecule has 3 N–H and O–H groups in total. The van der Waals surface area contributed by atoms with E-state index >= 15 is 0 Å². The molecule has 0 amide bonds. The van der Waals surface area contributed by atoms with Gasteiger partial charge in [0, 0.05) is 28.0 Å². The van der Waals surface area contributed by atoms with Gasteiger partial charge in [0.25, 0.3) is 0 Å². The number of fused-ring (bicyclic) bond motifs is 3. The van der Waals surface area contributed by atoms with Gasteiger partial charge in [0.2, 0.25) is 12.8 Å². The summed E-state index contributed by atoms with van der Waals surface area (Å²) in [5, 5.41) is 8.50. The molecule has 2 aliphatic heterocycles. The van der Waals surface area contributed by atoms with Gasteiger partial charge in [-0.2, -0.15) is 5.10 Å². The van der Waals surface area contributed by atoms with E-state index in [1.54, 1.807) is 6.20 Å². The third-order valence-electron chi connectivity index (χ3n) is 5.56. The Kier molecular flexibility index (Phi) is 2.94. The lowest BCUT2D eigenvalue weighted by atomic mass is 9.65. The van der Waals surface area contributed by atoms with E-state index in [-0.39, 0.29) is 5.56 Å². The number of aromatic amines is 2. The van der Waals surface area contributed by atoms with Crippen molar-refractivity contribution in [2.45, 2.75) is 42.6 Å². The zero-order valence-corrected chi connectivity index (χ0v) is 14.5. The Morgan fingerprint density at radius 1 is 1.38 bits per heavy atom. The third kappa shape index (κ3) is 1.93. The van der Waals surface area contributed by atoms with E-state index in [0.717, 1.165) is 27.6 Å². The molecule has 1 aliphatic carbocycles. The number of nitrogens with zero attached hydrogens (tertiary/aromatic N) is 2. The second-order valence-electron chi connectivity index (χ2n) is 7.05. The van der Waals surface area contributed by atoms with E-state index in [4.69, 9.17) is 4.98 Å². The van der Waals surface area contributed by atoms with Crippen molar-refractivity contribution >= 4 is 34.5 Å². The maximum absolute atomic E-state index is 12.6. The Morgan fingerprint density at radius 2 is 2.25 bits per heavy atom. The molecular formula is C16H19BN5OS. The van der Waals surface area contributed by atoms with Crippen molar-refractivity contribution in [3.8, 4) is 0 Å². The highest BCUT2D eigenvalue weighted by Crippen LogP contribution is 2.62. The highest BCUT2D eigenvalue weighted by Gasteiger charge is 2.46. The molecule has 2 aromatic rings. The van der Waals surface area contributed by atoms with Gasteiger partial charge in [0.1, 0.15) is 0 Å². The van der Waals surface area contributed by atoms with Crippen molar-refractivity contribution in [2.75, 3.05) is 6.26 Å². The predicted octanol–water partition coefficient (Wildman–Crippen LogP) is 0.875. The van der Waals surface area contributed by atoms with Gasteiger partial charge >= 0.3 is 0 Å². The molecule has 8 heteroatoms. The molecule has 24 heavy (non-hydrogen) atoms. The van der Waals surface area contributed by atoms with Crippen molar-refractivity contribution in [3.63, 3.8) is 0 Å². The fourth-order valence-electron chi connectivity index (χ4n) is 4.20. The standard InChI is InChI=1S/C16H19BN5OS/c1-8-11(7-18-21-8)12-6-13-14(17-12)15(23)20-16(19-13)24(2)10-4-3-9(5-10)22-24/h6-7,9-10,22H,3-5H2,1-2H3,(H,18,21)(H,19,20,23). The minimum Gasteiger partial charge on any atom is -0.302 e. The SMILES string of the molecule is Cc1[nH]ncc1C1=Cc2nc(S3(C)NC4CCC3C4)[nH]c(=O)c2[B]1. The van der Waals surface area contributed by atoms with Gasteiger partial charge in [-0.25, -0.2) is 4.98 Å². The molecule has 3 unspecified atom stereocenters. The zero-order valence-electron chi connectivity index (χ0n) is 13.7. The molecule has 0 spiro atoms. The molecule has 4 heterocycles.